The third kappa shape index (κ3) is 3.45. The molecule has 0 saturated carbocycles. The maximum absolute atomic E-state index is 12.5. The number of benzene rings is 1. The Hall–Kier alpha value is -2.22. The van der Waals surface area contributed by atoms with E-state index < -0.39 is 0 Å². The number of imidazole rings is 1. The van der Waals surface area contributed by atoms with Gasteiger partial charge in [0.1, 0.15) is 12.5 Å². The number of rotatable bonds is 5. The molecule has 1 aromatic carbocycles. The van der Waals surface area contributed by atoms with Crippen LogP contribution in [0.25, 0.3) is 10.2 Å². The van der Waals surface area contributed by atoms with Gasteiger partial charge < -0.3 is 4.57 Å². The average molecular weight is 411 g/mol. The number of para-hydroxylation sites is 1. The van der Waals surface area contributed by atoms with Gasteiger partial charge >= 0.3 is 4.87 Å². The lowest BCUT2D eigenvalue weighted by molar-refractivity contribution is 0.200. The fourth-order valence-corrected chi connectivity index (χ4v) is 5.63. The first-order valence-electron chi connectivity index (χ1n) is 9.61. The summed E-state index contributed by atoms with van der Waals surface area (Å²) in [5.41, 5.74) is 2.41. The fourth-order valence-electron chi connectivity index (χ4n) is 4.09. The lowest BCUT2D eigenvalue weighted by atomic mass is 9.95. The highest BCUT2D eigenvalue weighted by atomic mass is 32.1. The molecule has 144 valence electrons. The van der Waals surface area contributed by atoms with E-state index in [0.29, 0.717) is 12.6 Å². The van der Waals surface area contributed by atoms with Gasteiger partial charge in [0.25, 0.3) is 0 Å². The van der Waals surface area contributed by atoms with Crippen LogP contribution in [0, 0.1) is 0 Å². The predicted molar refractivity (Wildman–Crippen MR) is 115 cm³/mol. The van der Waals surface area contributed by atoms with Crippen LogP contribution in [0.15, 0.2) is 58.3 Å². The number of thiophene rings is 1. The second-order valence-electron chi connectivity index (χ2n) is 7.34. The van der Waals surface area contributed by atoms with Crippen molar-refractivity contribution in [1.82, 2.24) is 19.0 Å². The summed E-state index contributed by atoms with van der Waals surface area (Å²) in [6.07, 6.45) is 6.10. The highest BCUT2D eigenvalue weighted by molar-refractivity contribution is 7.16. The maximum atomic E-state index is 12.5. The standard InChI is InChI=1S/C21H22N4OS2/c26-21-25(18-3-1-2-4-19(18)28-21)15-24-11-8-22-20(24)17-5-9-23(10-6-17)13-16-7-12-27-14-16/h1-4,7-8,11-12,14,17H,5-6,9-10,13,15H2. The summed E-state index contributed by atoms with van der Waals surface area (Å²) in [7, 11) is 0. The van der Waals surface area contributed by atoms with Crippen molar-refractivity contribution in [1.29, 1.82) is 0 Å². The van der Waals surface area contributed by atoms with Crippen LogP contribution in [-0.4, -0.2) is 32.1 Å². The summed E-state index contributed by atoms with van der Waals surface area (Å²) in [6, 6.07) is 10.2. The second kappa shape index (κ2) is 7.66. The van der Waals surface area contributed by atoms with Gasteiger partial charge in [-0.1, -0.05) is 23.5 Å². The lowest BCUT2D eigenvalue weighted by Gasteiger charge is -2.31. The second-order valence-corrected chi connectivity index (χ2v) is 9.12. The SMILES string of the molecule is O=c1sc2ccccc2n1Cn1ccnc1C1CCN(Cc2ccsc2)CC1. The van der Waals surface area contributed by atoms with E-state index in [9.17, 15) is 4.79 Å². The van der Waals surface area contributed by atoms with Crippen LogP contribution in [0.3, 0.4) is 0 Å². The third-order valence-corrected chi connectivity index (χ3v) is 7.25. The highest BCUT2D eigenvalue weighted by Gasteiger charge is 2.24. The zero-order valence-electron chi connectivity index (χ0n) is 15.5. The molecule has 0 bridgehead atoms. The Morgan fingerprint density at radius 2 is 2.00 bits per heavy atom. The molecule has 4 aromatic rings. The summed E-state index contributed by atoms with van der Waals surface area (Å²) in [5, 5.41) is 4.39. The topological polar surface area (TPSA) is 43.1 Å². The van der Waals surface area contributed by atoms with Crippen molar-refractivity contribution in [3.8, 4) is 0 Å². The zero-order valence-corrected chi connectivity index (χ0v) is 17.2. The normalized spacial score (nSPS) is 16.1. The van der Waals surface area contributed by atoms with Crippen LogP contribution in [0.2, 0.25) is 0 Å². The monoisotopic (exact) mass is 410 g/mol. The first-order valence-corrected chi connectivity index (χ1v) is 11.4. The van der Waals surface area contributed by atoms with E-state index in [1.165, 1.54) is 16.9 Å². The van der Waals surface area contributed by atoms with Crippen molar-refractivity contribution in [3.63, 3.8) is 0 Å². The molecule has 1 saturated heterocycles. The molecule has 3 aromatic heterocycles. The molecule has 0 radical (unpaired) electrons. The van der Waals surface area contributed by atoms with Gasteiger partial charge in [-0.05, 0) is 60.5 Å². The van der Waals surface area contributed by atoms with Gasteiger partial charge in [-0.15, -0.1) is 0 Å². The first kappa shape index (κ1) is 17.8. The van der Waals surface area contributed by atoms with Gasteiger partial charge in [0, 0.05) is 24.9 Å². The fraction of sp³-hybridized carbons (Fsp3) is 0.333. The van der Waals surface area contributed by atoms with Crippen molar-refractivity contribution >= 4 is 32.9 Å². The van der Waals surface area contributed by atoms with E-state index in [2.05, 4.69) is 31.3 Å². The lowest BCUT2D eigenvalue weighted by Crippen LogP contribution is -2.33. The molecule has 0 aliphatic carbocycles. The molecule has 1 aliphatic rings. The molecule has 0 unspecified atom stereocenters. The average Bonchev–Trinajstić information content (AvgIpc) is 3.45. The van der Waals surface area contributed by atoms with Crippen molar-refractivity contribution in [2.45, 2.75) is 32.0 Å². The van der Waals surface area contributed by atoms with Gasteiger partial charge in [0.2, 0.25) is 0 Å². The minimum atomic E-state index is 0.0893. The first-order chi connectivity index (χ1) is 13.8. The van der Waals surface area contributed by atoms with E-state index in [4.69, 9.17) is 0 Å². The summed E-state index contributed by atoms with van der Waals surface area (Å²) >= 11 is 3.08. The number of aromatic nitrogens is 3. The summed E-state index contributed by atoms with van der Waals surface area (Å²) in [4.78, 5) is 19.8. The largest absolute Gasteiger partial charge is 0.316 e. The van der Waals surface area contributed by atoms with Crippen LogP contribution in [-0.2, 0) is 13.2 Å². The third-order valence-electron chi connectivity index (χ3n) is 5.55. The molecule has 7 heteroatoms. The molecule has 0 atom stereocenters. The Balaban J connectivity index is 1.31. The molecule has 5 nitrogen and oxygen atoms in total. The quantitative estimate of drug-likeness (QED) is 0.495. The van der Waals surface area contributed by atoms with Crippen molar-refractivity contribution in [2.24, 2.45) is 0 Å². The van der Waals surface area contributed by atoms with Gasteiger partial charge in [0.15, 0.2) is 0 Å². The number of nitrogens with zero attached hydrogens (tertiary/aromatic N) is 4. The van der Waals surface area contributed by atoms with Gasteiger partial charge in [-0.2, -0.15) is 11.3 Å². The Kier molecular flexibility index (Phi) is 4.88. The Morgan fingerprint density at radius 3 is 2.82 bits per heavy atom. The molecule has 0 N–H and O–H groups in total. The predicted octanol–water partition coefficient (Wildman–Crippen LogP) is 4.21. The summed E-state index contributed by atoms with van der Waals surface area (Å²) < 4.78 is 5.05. The molecular formula is C21H22N4OS2. The van der Waals surface area contributed by atoms with Crippen molar-refractivity contribution in [2.75, 3.05) is 13.1 Å². The van der Waals surface area contributed by atoms with E-state index in [1.807, 2.05) is 41.2 Å². The van der Waals surface area contributed by atoms with Gasteiger partial charge in [0.05, 0.1) is 10.2 Å². The Bertz CT molecular complexity index is 1120. The van der Waals surface area contributed by atoms with Gasteiger partial charge in [-0.3, -0.25) is 14.3 Å². The minimum Gasteiger partial charge on any atom is -0.316 e. The van der Waals surface area contributed by atoms with Crippen LogP contribution in [0.1, 0.15) is 30.1 Å². The zero-order chi connectivity index (χ0) is 18.9. The van der Waals surface area contributed by atoms with Crippen molar-refractivity contribution in [3.05, 3.63) is 74.5 Å². The van der Waals surface area contributed by atoms with Crippen LogP contribution in [0.5, 0.6) is 0 Å². The molecule has 1 fully saturated rings. The number of fused-ring (bicyclic) bond motifs is 1. The van der Waals surface area contributed by atoms with Crippen LogP contribution < -0.4 is 4.87 Å². The Morgan fingerprint density at radius 1 is 1.14 bits per heavy atom. The number of hydrogen-bond acceptors (Lipinski definition) is 5. The van der Waals surface area contributed by atoms with Crippen LogP contribution >= 0.6 is 22.7 Å². The molecule has 0 spiro atoms. The number of hydrogen-bond donors (Lipinski definition) is 0. The molecule has 28 heavy (non-hydrogen) atoms. The maximum Gasteiger partial charge on any atom is 0.309 e. The van der Waals surface area contributed by atoms with Crippen LogP contribution in [0.4, 0.5) is 0 Å². The number of likely N-dealkylation sites (tertiary alicyclic amines) is 1. The minimum absolute atomic E-state index is 0.0893. The molecular weight excluding hydrogens is 388 g/mol. The number of thiazole rings is 1. The van der Waals surface area contributed by atoms with E-state index >= 15 is 0 Å². The highest BCUT2D eigenvalue weighted by Crippen LogP contribution is 2.28. The molecule has 5 rings (SSSR count). The molecule has 0 amide bonds. The Labute approximate surface area is 171 Å². The smallest absolute Gasteiger partial charge is 0.309 e. The van der Waals surface area contributed by atoms with E-state index in [1.54, 1.807) is 11.3 Å². The number of piperidine rings is 1. The van der Waals surface area contributed by atoms with Gasteiger partial charge in [-0.25, -0.2) is 4.98 Å². The molecule has 4 heterocycles. The van der Waals surface area contributed by atoms with Crippen molar-refractivity contribution < 1.29 is 0 Å². The summed E-state index contributed by atoms with van der Waals surface area (Å²) in [6.45, 7) is 3.76. The summed E-state index contributed by atoms with van der Waals surface area (Å²) in [5.74, 6) is 1.56. The van der Waals surface area contributed by atoms with E-state index in [0.717, 1.165) is 48.5 Å². The molecule has 1 aliphatic heterocycles. The van der Waals surface area contributed by atoms with E-state index in [-0.39, 0.29) is 4.87 Å².